The fourth-order valence-corrected chi connectivity index (χ4v) is 3.10. The maximum atomic E-state index is 12.6. The molecule has 1 aromatic carbocycles. The van der Waals surface area contributed by atoms with Crippen LogP contribution in [0.1, 0.15) is 34.6 Å². The molecule has 0 spiro atoms. The summed E-state index contributed by atoms with van der Waals surface area (Å²) in [5, 5.41) is 3.11. The number of halogens is 1. The Bertz CT molecular complexity index is 581. The van der Waals surface area contributed by atoms with E-state index in [-0.39, 0.29) is 17.6 Å². The molecule has 0 saturated heterocycles. The fourth-order valence-electron chi connectivity index (χ4n) is 2.05. The Morgan fingerprint density at radius 3 is 2.30 bits per heavy atom. The summed E-state index contributed by atoms with van der Waals surface area (Å²) in [5.41, 5.74) is 1.35. The van der Waals surface area contributed by atoms with E-state index in [0.717, 1.165) is 0 Å². The molecule has 20 heavy (non-hydrogen) atoms. The van der Waals surface area contributed by atoms with Gasteiger partial charge in [-0.2, -0.15) is 0 Å². The number of fused-ring (bicyclic) bond motifs is 1. The van der Waals surface area contributed by atoms with Crippen molar-refractivity contribution in [1.82, 2.24) is 5.32 Å². The first-order chi connectivity index (χ1) is 9.56. The summed E-state index contributed by atoms with van der Waals surface area (Å²) in [6.45, 7) is 3.88. The van der Waals surface area contributed by atoms with Gasteiger partial charge in [0.05, 0.1) is 4.91 Å². The molecule has 0 saturated carbocycles. The van der Waals surface area contributed by atoms with Crippen molar-refractivity contribution >= 4 is 34.9 Å². The molecule has 0 fully saturated rings. The quantitative estimate of drug-likeness (QED) is 0.848. The van der Waals surface area contributed by atoms with Gasteiger partial charge >= 0.3 is 0 Å². The highest BCUT2D eigenvalue weighted by atomic mass is 35.5. The molecule has 0 bridgehead atoms. The number of ketones is 2. The van der Waals surface area contributed by atoms with Crippen LogP contribution in [0.3, 0.4) is 0 Å². The van der Waals surface area contributed by atoms with Crippen molar-refractivity contribution in [1.29, 1.82) is 0 Å². The molecular formula is C15H16ClNO2S. The summed E-state index contributed by atoms with van der Waals surface area (Å²) in [5.74, 6) is 0.817. The van der Waals surface area contributed by atoms with Gasteiger partial charge in [0.1, 0.15) is 5.70 Å². The molecule has 0 aliphatic heterocycles. The molecule has 5 heteroatoms. The van der Waals surface area contributed by atoms with Gasteiger partial charge in [-0.15, -0.1) is 23.4 Å². The third-order valence-corrected chi connectivity index (χ3v) is 4.33. The van der Waals surface area contributed by atoms with Crippen molar-refractivity contribution < 1.29 is 9.59 Å². The molecular weight excluding hydrogens is 294 g/mol. The molecule has 1 aliphatic carbocycles. The smallest absolute Gasteiger partial charge is 0.210 e. The largest absolute Gasteiger partial charge is 0.379 e. The second-order valence-corrected chi connectivity index (χ2v) is 6.23. The number of hydrogen-bond acceptors (Lipinski definition) is 4. The van der Waals surface area contributed by atoms with Crippen LogP contribution in [0.5, 0.6) is 0 Å². The lowest BCUT2D eigenvalue weighted by molar-refractivity contribution is 0.0974. The van der Waals surface area contributed by atoms with Crippen molar-refractivity contribution in [2.75, 3.05) is 11.6 Å². The minimum atomic E-state index is -0.119. The van der Waals surface area contributed by atoms with Crippen LogP contribution in [0, 0.1) is 0 Å². The SMILES string of the molecule is CC(C)NC1=C(SCCCl)C(=O)c2ccccc2C1=O. The van der Waals surface area contributed by atoms with Gasteiger partial charge in [0.2, 0.25) is 11.6 Å². The zero-order valence-corrected chi connectivity index (χ0v) is 13.0. The van der Waals surface area contributed by atoms with E-state index in [9.17, 15) is 9.59 Å². The number of thioether (sulfide) groups is 1. The van der Waals surface area contributed by atoms with Gasteiger partial charge in [-0.05, 0) is 13.8 Å². The number of alkyl halides is 1. The first kappa shape index (κ1) is 15.1. The Morgan fingerprint density at radius 1 is 1.15 bits per heavy atom. The van der Waals surface area contributed by atoms with Gasteiger partial charge in [0.15, 0.2) is 0 Å². The predicted octanol–water partition coefficient (Wildman–Crippen LogP) is 3.25. The van der Waals surface area contributed by atoms with Crippen molar-refractivity contribution in [2.24, 2.45) is 0 Å². The number of rotatable bonds is 5. The molecule has 0 aromatic heterocycles. The lowest BCUT2D eigenvalue weighted by Gasteiger charge is -2.23. The Labute approximate surface area is 127 Å². The molecule has 1 N–H and O–H groups in total. The van der Waals surface area contributed by atoms with Crippen LogP contribution in [0.15, 0.2) is 34.9 Å². The van der Waals surface area contributed by atoms with Crippen LogP contribution < -0.4 is 5.32 Å². The molecule has 0 atom stereocenters. The Balaban J connectivity index is 2.49. The number of hydrogen-bond donors (Lipinski definition) is 1. The van der Waals surface area contributed by atoms with Crippen LogP contribution in [0.2, 0.25) is 0 Å². The molecule has 1 aliphatic rings. The van der Waals surface area contributed by atoms with E-state index in [1.54, 1.807) is 24.3 Å². The zero-order valence-electron chi connectivity index (χ0n) is 11.4. The van der Waals surface area contributed by atoms with Crippen molar-refractivity contribution in [2.45, 2.75) is 19.9 Å². The van der Waals surface area contributed by atoms with Crippen molar-refractivity contribution in [3.8, 4) is 0 Å². The normalized spacial score (nSPS) is 14.8. The first-order valence-corrected chi connectivity index (χ1v) is 7.96. The highest BCUT2D eigenvalue weighted by Crippen LogP contribution is 2.32. The Kier molecular flexibility index (Phi) is 4.89. The first-order valence-electron chi connectivity index (χ1n) is 6.44. The maximum absolute atomic E-state index is 12.6. The molecule has 3 nitrogen and oxygen atoms in total. The molecule has 106 valence electrons. The lowest BCUT2D eigenvalue weighted by atomic mass is 9.92. The molecule has 0 unspecified atom stereocenters. The van der Waals surface area contributed by atoms with Crippen molar-refractivity contribution in [3.63, 3.8) is 0 Å². The zero-order chi connectivity index (χ0) is 14.7. The van der Waals surface area contributed by atoms with E-state index in [4.69, 9.17) is 11.6 Å². The monoisotopic (exact) mass is 309 g/mol. The molecule has 2 rings (SSSR count). The van der Waals surface area contributed by atoms with Crippen LogP contribution in [0.4, 0.5) is 0 Å². The summed E-state index contributed by atoms with van der Waals surface area (Å²) in [7, 11) is 0. The standard InChI is InChI=1S/C15H16ClNO2S/c1-9(2)17-12-13(18)10-5-3-4-6-11(10)14(19)15(12)20-8-7-16/h3-6,9,17H,7-8H2,1-2H3. The van der Waals surface area contributed by atoms with Gasteiger partial charge in [0.25, 0.3) is 0 Å². The third-order valence-electron chi connectivity index (χ3n) is 2.83. The van der Waals surface area contributed by atoms with E-state index in [2.05, 4.69) is 5.32 Å². The number of carbonyl (C=O) groups excluding carboxylic acids is 2. The minimum absolute atomic E-state index is 0.0820. The number of Topliss-reactive ketones (excluding diaryl/α,β-unsaturated/α-hetero) is 2. The number of carbonyl (C=O) groups is 2. The predicted molar refractivity (Wildman–Crippen MR) is 83.6 cm³/mol. The molecule has 0 radical (unpaired) electrons. The van der Waals surface area contributed by atoms with Gasteiger partial charge in [-0.25, -0.2) is 0 Å². The second-order valence-electron chi connectivity index (χ2n) is 4.74. The van der Waals surface area contributed by atoms with E-state index in [1.807, 2.05) is 13.8 Å². The number of benzene rings is 1. The number of nitrogens with one attached hydrogen (secondary N) is 1. The average Bonchev–Trinajstić information content (AvgIpc) is 2.44. The lowest BCUT2D eigenvalue weighted by Crippen LogP contribution is -2.33. The fraction of sp³-hybridized carbons (Fsp3) is 0.333. The van der Waals surface area contributed by atoms with Crippen LogP contribution in [0.25, 0.3) is 0 Å². The van der Waals surface area contributed by atoms with Gasteiger partial charge in [0, 0.05) is 28.8 Å². The van der Waals surface area contributed by atoms with Gasteiger partial charge < -0.3 is 5.32 Å². The van der Waals surface area contributed by atoms with Crippen molar-refractivity contribution in [3.05, 3.63) is 46.0 Å². The van der Waals surface area contributed by atoms with Gasteiger partial charge in [-0.1, -0.05) is 24.3 Å². The van der Waals surface area contributed by atoms with Gasteiger partial charge in [-0.3, -0.25) is 9.59 Å². The molecule has 0 amide bonds. The third kappa shape index (κ3) is 2.91. The van der Waals surface area contributed by atoms with E-state index in [0.29, 0.717) is 33.4 Å². The summed E-state index contributed by atoms with van der Waals surface area (Å²) in [6.07, 6.45) is 0. The summed E-state index contributed by atoms with van der Waals surface area (Å²) in [4.78, 5) is 25.6. The average molecular weight is 310 g/mol. The minimum Gasteiger partial charge on any atom is -0.379 e. The van der Waals surface area contributed by atoms with Crippen LogP contribution in [-0.2, 0) is 0 Å². The molecule has 1 aromatic rings. The van der Waals surface area contributed by atoms with Crippen LogP contribution >= 0.6 is 23.4 Å². The van der Waals surface area contributed by atoms with E-state index < -0.39 is 0 Å². The summed E-state index contributed by atoms with van der Waals surface area (Å²) in [6, 6.07) is 7.02. The number of allylic oxidation sites excluding steroid dienone is 2. The second kappa shape index (κ2) is 6.46. The summed E-state index contributed by atoms with van der Waals surface area (Å²) >= 11 is 7.04. The van der Waals surface area contributed by atoms with E-state index in [1.165, 1.54) is 11.8 Å². The van der Waals surface area contributed by atoms with Crippen LogP contribution in [-0.4, -0.2) is 29.2 Å². The Morgan fingerprint density at radius 2 is 1.75 bits per heavy atom. The van der Waals surface area contributed by atoms with E-state index >= 15 is 0 Å². The highest BCUT2D eigenvalue weighted by Gasteiger charge is 2.32. The molecule has 0 heterocycles. The maximum Gasteiger partial charge on any atom is 0.210 e. The highest BCUT2D eigenvalue weighted by molar-refractivity contribution is 8.04. The topological polar surface area (TPSA) is 46.2 Å². The Hall–Kier alpha value is -1.26. The summed E-state index contributed by atoms with van der Waals surface area (Å²) < 4.78 is 0.